The molecule has 1 N–H and O–H groups in total. The number of hydrogen-bond donors (Lipinski definition) is 1. The van der Waals surface area contributed by atoms with Gasteiger partial charge in [0, 0.05) is 11.4 Å². The van der Waals surface area contributed by atoms with E-state index in [1.54, 1.807) is 19.1 Å². The molecule has 6 nitrogen and oxygen atoms in total. The number of hydrogen-bond acceptors (Lipinski definition) is 7. The molecule has 3 rings (SSSR count). The Morgan fingerprint density at radius 2 is 1.93 bits per heavy atom. The van der Waals surface area contributed by atoms with Crippen molar-refractivity contribution in [3.8, 4) is 5.75 Å². The molecular formula is C21H24FNO5S. The van der Waals surface area contributed by atoms with E-state index in [0.29, 0.717) is 18.9 Å². The number of morpholine rings is 1. The van der Waals surface area contributed by atoms with Crippen molar-refractivity contribution in [2.75, 3.05) is 20.3 Å². The summed E-state index contributed by atoms with van der Waals surface area (Å²) in [5.41, 5.74) is 0.878. The number of aliphatic hydroxyl groups is 1. The van der Waals surface area contributed by atoms with Crippen LogP contribution in [0.3, 0.4) is 0 Å². The minimum atomic E-state index is -0.567. The number of halogens is 1. The van der Waals surface area contributed by atoms with Crippen LogP contribution in [0.15, 0.2) is 53.4 Å². The van der Waals surface area contributed by atoms with Crippen LogP contribution in [0.25, 0.3) is 0 Å². The molecule has 1 saturated heterocycles. The average molecular weight is 421 g/mol. The maximum atomic E-state index is 13.0. The smallest absolute Gasteiger partial charge is 0.326 e. The molecule has 0 radical (unpaired) electrons. The number of carbonyl (C=O) groups excluding carboxylic acids is 1. The van der Waals surface area contributed by atoms with E-state index in [2.05, 4.69) is 0 Å². The number of rotatable bonds is 7. The summed E-state index contributed by atoms with van der Waals surface area (Å²) in [6, 6.07) is 13.1. The highest BCUT2D eigenvalue weighted by Gasteiger charge is 2.40. The standard InChI is InChI=1S/C21H24FNO5S/c1-14-20(21(25)26-2)23(11-18(12-24)28-14)29-19-9-7-17(8-10-19)27-13-15-3-5-16(22)6-4-15/h3-10,14,18,20,24H,11-13H2,1-2H3. The fourth-order valence-corrected chi connectivity index (χ4v) is 4.21. The SMILES string of the molecule is COC(=O)C1C(C)OC(CO)CN1Sc1ccc(OCc2ccc(F)cc2)cc1. The van der Waals surface area contributed by atoms with E-state index in [1.165, 1.54) is 31.2 Å². The van der Waals surface area contributed by atoms with Gasteiger partial charge in [0.2, 0.25) is 0 Å². The first-order valence-corrected chi connectivity index (χ1v) is 10.0. The highest BCUT2D eigenvalue weighted by molar-refractivity contribution is 7.97. The zero-order valence-electron chi connectivity index (χ0n) is 16.3. The van der Waals surface area contributed by atoms with Gasteiger partial charge in [0.05, 0.1) is 25.9 Å². The minimum absolute atomic E-state index is 0.120. The second-order valence-corrected chi connectivity index (χ2v) is 7.81. The van der Waals surface area contributed by atoms with E-state index in [1.807, 2.05) is 28.6 Å². The lowest BCUT2D eigenvalue weighted by Crippen LogP contribution is -2.55. The van der Waals surface area contributed by atoms with E-state index in [0.717, 1.165) is 10.5 Å². The molecule has 29 heavy (non-hydrogen) atoms. The van der Waals surface area contributed by atoms with Gasteiger partial charge in [-0.15, -0.1) is 0 Å². The molecule has 0 amide bonds. The zero-order valence-corrected chi connectivity index (χ0v) is 17.1. The molecule has 1 fully saturated rings. The van der Waals surface area contributed by atoms with Gasteiger partial charge in [-0.3, -0.25) is 4.79 Å². The topological polar surface area (TPSA) is 68.2 Å². The molecule has 0 spiro atoms. The summed E-state index contributed by atoms with van der Waals surface area (Å²) >= 11 is 1.41. The number of nitrogens with zero attached hydrogens (tertiary/aromatic N) is 1. The Bertz CT molecular complexity index is 802. The number of aliphatic hydroxyl groups excluding tert-OH is 1. The van der Waals surface area contributed by atoms with Crippen molar-refractivity contribution >= 4 is 17.9 Å². The van der Waals surface area contributed by atoms with Gasteiger partial charge in [0.25, 0.3) is 0 Å². The number of methoxy groups -OCH3 is 1. The fraction of sp³-hybridized carbons (Fsp3) is 0.381. The van der Waals surface area contributed by atoms with Crippen LogP contribution in [0.1, 0.15) is 12.5 Å². The first-order chi connectivity index (χ1) is 14.0. The molecule has 1 aliphatic heterocycles. The number of esters is 1. The zero-order chi connectivity index (χ0) is 20.8. The third kappa shape index (κ3) is 5.70. The Labute approximate surface area is 173 Å². The monoisotopic (exact) mass is 421 g/mol. The summed E-state index contributed by atoms with van der Waals surface area (Å²) in [6.45, 7) is 2.42. The third-order valence-electron chi connectivity index (χ3n) is 4.56. The highest BCUT2D eigenvalue weighted by atomic mass is 32.2. The Balaban J connectivity index is 1.63. The maximum absolute atomic E-state index is 13.0. The number of benzene rings is 2. The predicted molar refractivity (Wildman–Crippen MR) is 107 cm³/mol. The van der Waals surface area contributed by atoms with Gasteiger partial charge < -0.3 is 19.3 Å². The normalized spacial score (nSPS) is 22.3. The van der Waals surface area contributed by atoms with Crippen molar-refractivity contribution in [2.45, 2.75) is 36.7 Å². The van der Waals surface area contributed by atoms with Crippen molar-refractivity contribution in [2.24, 2.45) is 0 Å². The quantitative estimate of drug-likeness (QED) is 0.544. The Hall–Kier alpha value is -2.13. The minimum Gasteiger partial charge on any atom is -0.489 e. The van der Waals surface area contributed by atoms with Gasteiger partial charge in [-0.2, -0.15) is 0 Å². The van der Waals surface area contributed by atoms with Crippen molar-refractivity contribution in [3.63, 3.8) is 0 Å². The second kappa shape index (κ2) is 10.1. The molecular weight excluding hydrogens is 397 g/mol. The van der Waals surface area contributed by atoms with Crippen LogP contribution in [-0.4, -0.2) is 53.9 Å². The highest BCUT2D eigenvalue weighted by Crippen LogP contribution is 2.32. The van der Waals surface area contributed by atoms with Crippen LogP contribution in [0.5, 0.6) is 5.75 Å². The summed E-state index contributed by atoms with van der Waals surface area (Å²) in [4.78, 5) is 13.1. The first kappa shape index (κ1) is 21.6. The summed E-state index contributed by atoms with van der Waals surface area (Å²) in [6.07, 6.45) is -0.768. The molecule has 8 heteroatoms. The molecule has 3 unspecified atom stereocenters. The van der Waals surface area contributed by atoms with E-state index in [-0.39, 0.29) is 24.5 Å². The van der Waals surface area contributed by atoms with Crippen LogP contribution in [0.2, 0.25) is 0 Å². The second-order valence-electron chi connectivity index (χ2n) is 6.69. The van der Waals surface area contributed by atoms with Crippen LogP contribution in [-0.2, 0) is 20.9 Å². The van der Waals surface area contributed by atoms with Crippen LogP contribution in [0.4, 0.5) is 4.39 Å². The molecule has 156 valence electrons. The van der Waals surface area contributed by atoms with E-state index in [4.69, 9.17) is 14.2 Å². The molecule has 2 aromatic rings. The van der Waals surface area contributed by atoms with Gasteiger partial charge >= 0.3 is 5.97 Å². The number of ether oxygens (including phenoxy) is 3. The van der Waals surface area contributed by atoms with Crippen molar-refractivity contribution in [3.05, 3.63) is 59.9 Å². The molecule has 1 heterocycles. The van der Waals surface area contributed by atoms with Crippen LogP contribution in [0, 0.1) is 5.82 Å². The lowest BCUT2D eigenvalue weighted by molar-refractivity contribution is -0.161. The van der Waals surface area contributed by atoms with Crippen LogP contribution >= 0.6 is 11.9 Å². The Morgan fingerprint density at radius 3 is 2.55 bits per heavy atom. The van der Waals surface area contributed by atoms with Gasteiger partial charge in [-0.05, 0) is 60.8 Å². The van der Waals surface area contributed by atoms with Crippen molar-refractivity contribution < 1.29 is 28.5 Å². The first-order valence-electron chi connectivity index (χ1n) is 9.26. The van der Waals surface area contributed by atoms with E-state index in [9.17, 15) is 14.3 Å². The lowest BCUT2D eigenvalue weighted by atomic mass is 10.1. The van der Waals surface area contributed by atoms with Gasteiger partial charge in [-0.1, -0.05) is 12.1 Å². The molecule has 0 aromatic heterocycles. The van der Waals surface area contributed by atoms with Crippen LogP contribution < -0.4 is 4.74 Å². The van der Waals surface area contributed by atoms with E-state index < -0.39 is 12.1 Å². The molecule has 2 aromatic carbocycles. The largest absolute Gasteiger partial charge is 0.489 e. The molecule has 0 aliphatic carbocycles. The van der Waals surface area contributed by atoms with E-state index >= 15 is 0 Å². The maximum Gasteiger partial charge on any atom is 0.326 e. The van der Waals surface area contributed by atoms with Crippen molar-refractivity contribution in [1.82, 2.24) is 4.31 Å². The lowest BCUT2D eigenvalue weighted by Gasteiger charge is -2.40. The Morgan fingerprint density at radius 1 is 1.24 bits per heavy atom. The third-order valence-corrected chi connectivity index (χ3v) is 5.65. The fourth-order valence-electron chi connectivity index (χ4n) is 3.07. The van der Waals surface area contributed by atoms with Crippen molar-refractivity contribution in [1.29, 1.82) is 0 Å². The molecule has 0 bridgehead atoms. The summed E-state index contributed by atoms with van der Waals surface area (Å²) in [5.74, 6) is 0.0358. The molecule has 0 saturated carbocycles. The van der Waals surface area contributed by atoms with Gasteiger partial charge in [0.15, 0.2) is 0 Å². The summed E-state index contributed by atoms with van der Waals surface area (Å²) in [7, 11) is 1.35. The number of carbonyl (C=O) groups is 1. The molecule has 1 aliphatic rings. The van der Waals surface area contributed by atoms with Gasteiger partial charge in [-0.25, -0.2) is 8.70 Å². The van der Waals surface area contributed by atoms with Gasteiger partial charge in [0.1, 0.15) is 24.2 Å². The summed E-state index contributed by atoms with van der Waals surface area (Å²) < 4.78 is 31.2. The summed E-state index contributed by atoms with van der Waals surface area (Å²) in [5, 5.41) is 9.46. The predicted octanol–water partition coefficient (Wildman–Crippen LogP) is 3.04. The Kier molecular flexibility index (Phi) is 7.49. The molecule has 3 atom stereocenters. The average Bonchev–Trinajstić information content (AvgIpc) is 2.73.